The van der Waals surface area contributed by atoms with Crippen LogP contribution in [-0.2, 0) is 9.59 Å². The Bertz CT molecular complexity index is 454. The van der Waals surface area contributed by atoms with E-state index in [4.69, 9.17) is 9.84 Å². The molecular formula is C16H23NO4. The summed E-state index contributed by atoms with van der Waals surface area (Å²) >= 11 is 0. The number of amides is 1. The number of carboxylic acid groups (broad SMARTS) is 1. The Kier molecular flexibility index (Phi) is 7.29. The molecule has 2 N–H and O–H groups in total. The van der Waals surface area contributed by atoms with Gasteiger partial charge < -0.3 is 15.2 Å². The van der Waals surface area contributed by atoms with Crippen LogP contribution in [0.15, 0.2) is 24.3 Å². The molecule has 0 fully saturated rings. The molecule has 5 heteroatoms. The fourth-order valence-electron chi connectivity index (χ4n) is 1.67. The van der Waals surface area contributed by atoms with E-state index < -0.39 is 5.97 Å². The zero-order valence-corrected chi connectivity index (χ0v) is 12.6. The van der Waals surface area contributed by atoms with Crippen LogP contribution in [0.5, 0.6) is 5.75 Å². The zero-order chi connectivity index (χ0) is 15.7. The molecule has 116 valence electrons. The quantitative estimate of drug-likeness (QED) is 0.732. The highest BCUT2D eigenvalue weighted by molar-refractivity contribution is 5.90. The van der Waals surface area contributed by atoms with Gasteiger partial charge >= 0.3 is 5.97 Å². The Hall–Kier alpha value is -2.04. The van der Waals surface area contributed by atoms with Gasteiger partial charge in [0, 0.05) is 18.5 Å². The number of rotatable bonds is 9. The summed E-state index contributed by atoms with van der Waals surface area (Å²) in [5.74, 6) is 0.323. The van der Waals surface area contributed by atoms with Gasteiger partial charge in [0.15, 0.2) is 0 Å². The fraction of sp³-hybridized carbons (Fsp3) is 0.500. The number of aliphatic carboxylic acids is 1. The number of nitrogens with one attached hydrogen (secondary N) is 1. The predicted octanol–water partition coefficient (Wildman–Crippen LogP) is 3.30. The minimum atomic E-state index is -0.884. The van der Waals surface area contributed by atoms with Crippen LogP contribution in [0.4, 0.5) is 5.69 Å². The number of hydrogen-bond acceptors (Lipinski definition) is 3. The van der Waals surface area contributed by atoms with E-state index >= 15 is 0 Å². The topological polar surface area (TPSA) is 75.6 Å². The van der Waals surface area contributed by atoms with Crippen LogP contribution in [0.2, 0.25) is 0 Å². The van der Waals surface area contributed by atoms with Crippen LogP contribution in [0.1, 0.15) is 39.5 Å². The lowest BCUT2D eigenvalue weighted by Crippen LogP contribution is -2.11. The van der Waals surface area contributed by atoms with E-state index in [9.17, 15) is 9.59 Å². The van der Waals surface area contributed by atoms with E-state index in [-0.39, 0.29) is 18.7 Å². The molecule has 0 aromatic heterocycles. The molecule has 1 aromatic carbocycles. The maximum atomic E-state index is 11.6. The summed E-state index contributed by atoms with van der Waals surface area (Å²) in [5.41, 5.74) is 0.687. The van der Waals surface area contributed by atoms with Crippen molar-refractivity contribution >= 4 is 17.6 Å². The van der Waals surface area contributed by atoms with E-state index in [1.807, 2.05) is 12.1 Å². The average molecular weight is 293 g/mol. The predicted molar refractivity (Wildman–Crippen MR) is 81.5 cm³/mol. The molecule has 0 unspecified atom stereocenters. The second-order valence-electron chi connectivity index (χ2n) is 5.35. The SMILES string of the molecule is CC(C)CCOc1ccc(NC(=O)CCCC(=O)O)cc1. The van der Waals surface area contributed by atoms with Crippen LogP contribution >= 0.6 is 0 Å². The molecule has 0 saturated carbocycles. The van der Waals surface area contributed by atoms with Gasteiger partial charge in [0.25, 0.3) is 0 Å². The minimum absolute atomic E-state index is 0.00997. The standard InChI is InChI=1S/C16H23NO4/c1-12(2)10-11-21-14-8-6-13(7-9-14)17-15(18)4-3-5-16(19)20/h6-9,12H,3-5,10-11H2,1-2H3,(H,17,18)(H,19,20). The number of anilines is 1. The van der Waals surface area contributed by atoms with Gasteiger partial charge in [-0.2, -0.15) is 0 Å². The summed E-state index contributed by atoms with van der Waals surface area (Å²) in [7, 11) is 0. The van der Waals surface area contributed by atoms with Crippen LogP contribution in [-0.4, -0.2) is 23.6 Å². The van der Waals surface area contributed by atoms with E-state index in [1.54, 1.807) is 12.1 Å². The second kappa shape index (κ2) is 9.00. The van der Waals surface area contributed by atoms with Crippen molar-refractivity contribution in [3.05, 3.63) is 24.3 Å². The van der Waals surface area contributed by atoms with Gasteiger partial charge in [0.1, 0.15) is 5.75 Å². The molecule has 0 aliphatic carbocycles. The molecule has 0 spiro atoms. The maximum Gasteiger partial charge on any atom is 0.303 e. The van der Waals surface area contributed by atoms with Gasteiger partial charge in [0.05, 0.1) is 6.61 Å². The lowest BCUT2D eigenvalue weighted by Gasteiger charge is -2.09. The smallest absolute Gasteiger partial charge is 0.303 e. The normalized spacial score (nSPS) is 10.4. The number of ether oxygens (including phenoxy) is 1. The van der Waals surface area contributed by atoms with Crippen molar-refractivity contribution in [3.63, 3.8) is 0 Å². The highest BCUT2D eigenvalue weighted by atomic mass is 16.5. The van der Waals surface area contributed by atoms with E-state index in [1.165, 1.54) is 0 Å². The van der Waals surface area contributed by atoms with E-state index in [0.717, 1.165) is 12.2 Å². The lowest BCUT2D eigenvalue weighted by molar-refractivity contribution is -0.137. The number of carboxylic acids is 1. The van der Waals surface area contributed by atoms with E-state index in [0.29, 0.717) is 24.6 Å². The monoisotopic (exact) mass is 293 g/mol. The molecule has 0 saturated heterocycles. The summed E-state index contributed by atoms with van der Waals surface area (Å²) in [6.45, 7) is 4.97. The number of carbonyl (C=O) groups is 2. The molecule has 0 atom stereocenters. The van der Waals surface area contributed by atoms with Gasteiger partial charge in [0.2, 0.25) is 5.91 Å². The Balaban J connectivity index is 2.33. The van der Waals surface area contributed by atoms with Gasteiger partial charge in [-0.05, 0) is 43.0 Å². The van der Waals surface area contributed by atoms with Crippen LogP contribution in [0, 0.1) is 5.92 Å². The van der Waals surface area contributed by atoms with Crippen LogP contribution < -0.4 is 10.1 Å². The highest BCUT2D eigenvalue weighted by Crippen LogP contribution is 2.16. The minimum Gasteiger partial charge on any atom is -0.494 e. The van der Waals surface area contributed by atoms with Crippen LogP contribution in [0.3, 0.4) is 0 Å². The number of hydrogen-bond donors (Lipinski definition) is 2. The summed E-state index contributed by atoms with van der Waals surface area (Å²) in [5, 5.41) is 11.2. The molecule has 0 heterocycles. The highest BCUT2D eigenvalue weighted by Gasteiger charge is 2.05. The largest absolute Gasteiger partial charge is 0.494 e. The third-order valence-corrected chi connectivity index (χ3v) is 2.90. The Morgan fingerprint density at radius 3 is 2.43 bits per heavy atom. The molecule has 0 bridgehead atoms. The summed E-state index contributed by atoms with van der Waals surface area (Å²) < 4.78 is 5.59. The Labute approximate surface area is 125 Å². The van der Waals surface area contributed by atoms with Crippen LogP contribution in [0.25, 0.3) is 0 Å². The lowest BCUT2D eigenvalue weighted by atomic mass is 10.1. The molecule has 1 aromatic rings. The first-order valence-electron chi connectivity index (χ1n) is 7.22. The van der Waals surface area contributed by atoms with Crippen molar-refractivity contribution in [2.45, 2.75) is 39.5 Å². The molecule has 0 radical (unpaired) electrons. The molecule has 0 aliphatic heterocycles. The first-order chi connectivity index (χ1) is 9.97. The van der Waals surface area contributed by atoms with Gasteiger partial charge in [-0.1, -0.05) is 13.8 Å². The molecule has 21 heavy (non-hydrogen) atoms. The summed E-state index contributed by atoms with van der Waals surface area (Å²) in [6, 6.07) is 7.18. The van der Waals surface area contributed by atoms with Gasteiger partial charge in [-0.25, -0.2) is 0 Å². The van der Waals surface area contributed by atoms with Crippen molar-refractivity contribution in [2.75, 3.05) is 11.9 Å². The molecule has 5 nitrogen and oxygen atoms in total. The van der Waals surface area contributed by atoms with Gasteiger partial charge in [-0.3, -0.25) is 9.59 Å². The summed E-state index contributed by atoms with van der Waals surface area (Å²) in [6.07, 6.45) is 1.56. The fourth-order valence-corrected chi connectivity index (χ4v) is 1.67. The second-order valence-corrected chi connectivity index (χ2v) is 5.35. The summed E-state index contributed by atoms with van der Waals surface area (Å²) in [4.78, 5) is 21.9. The van der Waals surface area contributed by atoms with Crippen molar-refractivity contribution in [1.82, 2.24) is 0 Å². The third kappa shape index (κ3) is 7.97. The first-order valence-corrected chi connectivity index (χ1v) is 7.22. The maximum absolute atomic E-state index is 11.6. The average Bonchev–Trinajstić information content (AvgIpc) is 2.40. The van der Waals surface area contributed by atoms with Crippen molar-refractivity contribution in [2.24, 2.45) is 5.92 Å². The number of carbonyl (C=O) groups excluding carboxylic acids is 1. The Morgan fingerprint density at radius 2 is 1.86 bits per heavy atom. The molecule has 0 aliphatic rings. The molecular weight excluding hydrogens is 270 g/mol. The van der Waals surface area contributed by atoms with Crippen molar-refractivity contribution in [3.8, 4) is 5.75 Å². The van der Waals surface area contributed by atoms with E-state index in [2.05, 4.69) is 19.2 Å². The van der Waals surface area contributed by atoms with Crippen molar-refractivity contribution in [1.29, 1.82) is 0 Å². The van der Waals surface area contributed by atoms with Gasteiger partial charge in [-0.15, -0.1) is 0 Å². The third-order valence-electron chi connectivity index (χ3n) is 2.90. The molecule has 1 rings (SSSR count). The Morgan fingerprint density at radius 1 is 1.19 bits per heavy atom. The number of benzene rings is 1. The first kappa shape index (κ1) is 17.0. The molecule has 1 amide bonds. The van der Waals surface area contributed by atoms with Crippen molar-refractivity contribution < 1.29 is 19.4 Å². The zero-order valence-electron chi connectivity index (χ0n) is 12.6.